The van der Waals surface area contributed by atoms with Gasteiger partial charge in [-0.2, -0.15) is 0 Å². The lowest BCUT2D eigenvalue weighted by atomic mass is 10.0. The molecule has 1 aromatic rings. The Balaban J connectivity index is 1.97. The van der Waals surface area contributed by atoms with Crippen molar-refractivity contribution in [3.8, 4) is 0 Å². The fourth-order valence-corrected chi connectivity index (χ4v) is 2.83. The minimum Gasteiger partial charge on any atom is -0.341 e. The minimum atomic E-state index is -0.678. The Kier molecular flexibility index (Phi) is 5.69. The average molecular weight is 332 g/mol. The fourth-order valence-electron chi connectivity index (χ4n) is 2.83. The van der Waals surface area contributed by atoms with Gasteiger partial charge in [0.2, 0.25) is 5.91 Å². The van der Waals surface area contributed by atoms with E-state index >= 15 is 0 Å². The lowest BCUT2D eigenvalue weighted by Crippen LogP contribution is -2.57. The smallest absolute Gasteiger partial charge is 0.251 e. The number of piperidine rings is 1. The highest BCUT2D eigenvalue weighted by Crippen LogP contribution is 2.10. The summed E-state index contributed by atoms with van der Waals surface area (Å²) in [5.74, 6) is -0.630. The van der Waals surface area contributed by atoms with Crippen LogP contribution in [-0.2, 0) is 4.79 Å². The number of hydrogen-bond donors (Lipinski definition) is 3. The normalized spacial score (nSPS) is 21.9. The van der Waals surface area contributed by atoms with Crippen LogP contribution in [0.2, 0.25) is 0 Å². The third kappa shape index (κ3) is 4.39. The molecule has 7 heteroatoms. The van der Waals surface area contributed by atoms with Crippen LogP contribution in [0.15, 0.2) is 24.3 Å². The van der Waals surface area contributed by atoms with Crippen molar-refractivity contribution in [1.82, 2.24) is 10.2 Å². The first-order valence-electron chi connectivity index (χ1n) is 7.99. The van der Waals surface area contributed by atoms with Gasteiger partial charge in [-0.25, -0.2) is 0 Å². The van der Waals surface area contributed by atoms with Crippen LogP contribution >= 0.6 is 0 Å². The molecular formula is C17H24N4O3. The van der Waals surface area contributed by atoms with Crippen molar-refractivity contribution in [2.24, 2.45) is 11.5 Å². The molecule has 1 aliphatic heterocycles. The molecule has 0 aliphatic carbocycles. The SMILES string of the molecule is CC(=O)c1ccc(C(=O)N[C@@H](C)C(=O)N2CC(N)CC(N)C2)cc1. The van der Waals surface area contributed by atoms with E-state index in [4.69, 9.17) is 11.5 Å². The van der Waals surface area contributed by atoms with Gasteiger partial charge in [-0.1, -0.05) is 12.1 Å². The fraction of sp³-hybridized carbons (Fsp3) is 0.471. The summed E-state index contributed by atoms with van der Waals surface area (Å²) in [5, 5.41) is 2.67. The number of carbonyl (C=O) groups is 3. The Hall–Kier alpha value is -2.25. The van der Waals surface area contributed by atoms with Crippen molar-refractivity contribution in [3.05, 3.63) is 35.4 Å². The number of Topliss-reactive ketones (excluding diaryl/α,β-unsaturated/α-hetero) is 1. The standard InChI is InChI=1S/C17H24N4O3/c1-10(17(24)21-8-14(18)7-15(19)9-21)20-16(23)13-5-3-12(4-6-13)11(2)22/h3-6,10,14-15H,7-9,18-19H2,1-2H3,(H,20,23)/t10-,14?,15?/m0/s1. The van der Waals surface area contributed by atoms with Crippen molar-refractivity contribution in [2.45, 2.75) is 38.4 Å². The maximum Gasteiger partial charge on any atom is 0.251 e. The molecule has 2 rings (SSSR count). The van der Waals surface area contributed by atoms with Crippen LogP contribution in [0.4, 0.5) is 0 Å². The van der Waals surface area contributed by atoms with Crippen LogP contribution in [0.1, 0.15) is 41.0 Å². The van der Waals surface area contributed by atoms with Crippen molar-refractivity contribution in [1.29, 1.82) is 0 Å². The summed E-state index contributed by atoms with van der Waals surface area (Å²) in [6.07, 6.45) is 0.688. The maximum atomic E-state index is 12.5. The summed E-state index contributed by atoms with van der Waals surface area (Å²) in [6, 6.07) is 5.35. The van der Waals surface area contributed by atoms with E-state index in [1.807, 2.05) is 0 Å². The lowest BCUT2D eigenvalue weighted by Gasteiger charge is -2.36. The number of nitrogens with one attached hydrogen (secondary N) is 1. The molecule has 1 aliphatic rings. The van der Waals surface area contributed by atoms with Gasteiger partial charge < -0.3 is 21.7 Å². The van der Waals surface area contributed by atoms with Crippen molar-refractivity contribution in [3.63, 3.8) is 0 Å². The van der Waals surface area contributed by atoms with E-state index in [-0.39, 0.29) is 29.7 Å². The Labute approximate surface area is 141 Å². The molecule has 7 nitrogen and oxygen atoms in total. The molecular weight excluding hydrogens is 308 g/mol. The molecule has 0 saturated carbocycles. The molecule has 1 saturated heterocycles. The van der Waals surface area contributed by atoms with Crippen LogP contribution in [0.5, 0.6) is 0 Å². The molecule has 130 valence electrons. The molecule has 0 aromatic heterocycles. The maximum absolute atomic E-state index is 12.5. The Morgan fingerprint density at radius 3 is 2.08 bits per heavy atom. The number of carbonyl (C=O) groups excluding carboxylic acids is 3. The van der Waals surface area contributed by atoms with E-state index in [1.165, 1.54) is 6.92 Å². The third-order valence-corrected chi connectivity index (χ3v) is 4.10. The highest BCUT2D eigenvalue weighted by Gasteiger charge is 2.29. The highest BCUT2D eigenvalue weighted by atomic mass is 16.2. The summed E-state index contributed by atoms with van der Waals surface area (Å²) in [6.45, 7) is 3.99. The van der Waals surface area contributed by atoms with Gasteiger partial charge in [0.05, 0.1) is 0 Å². The van der Waals surface area contributed by atoms with Crippen LogP contribution in [0.3, 0.4) is 0 Å². The number of likely N-dealkylation sites (tertiary alicyclic amines) is 1. The molecule has 1 heterocycles. The van der Waals surface area contributed by atoms with Gasteiger partial charge in [-0.15, -0.1) is 0 Å². The second kappa shape index (κ2) is 7.55. The highest BCUT2D eigenvalue weighted by molar-refractivity contribution is 5.99. The predicted molar refractivity (Wildman–Crippen MR) is 90.5 cm³/mol. The van der Waals surface area contributed by atoms with Crippen molar-refractivity contribution >= 4 is 17.6 Å². The summed E-state index contributed by atoms with van der Waals surface area (Å²) in [5.41, 5.74) is 12.7. The number of ketones is 1. The largest absolute Gasteiger partial charge is 0.341 e. The Morgan fingerprint density at radius 1 is 1.08 bits per heavy atom. The van der Waals surface area contributed by atoms with Crippen LogP contribution in [0, 0.1) is 0 Å². The molecule has 0 spiro atoms. The summed E-state index contributed by atoms with van der Waals surface area (Å²) < 4.78 is 0. The van der Waals surface area contributed by atoms with E-state index < -0.39 is 6.04 Å². The monoisotopic (exact) mass is 332 g/mol. The number of nitrogens with zero attached hydrogens (tertiary/aromatic N) is 1. The zero-order valence-electron chi connectivity index (χ0n) is 14.0. The van der Waals surface area contributed by atoms with Crippen LogP contribution in [0.25, 0.3) is 0 Å². The molecule has 0 radical (unpaired) electrons. The van der Waals surface area contributed by atoms with Crippen LogP contribution < -0.4 is 16.8 Å². The zero-order chi connectivity index (χ0) is 17.9. The van der Waals surface area contributed by atoms with E-state index in [0.29, 0.717) is 30.6 Å². The van der Waals surface area contributed by atoms with Gasteiger partial charge in [-0.3, -0.25) is 14.4 Å². The first kappa shape index (κ1) is 18.1. The van der Waals surface area contributed by atoms with Gasteiger partial charge >= 0.3 is 0 Å². The minimum absolute atomic E-state index is 0.0664. The molecule has 0 bridgehead atoms. The molecule has 1 fully saturated rings. The molecule has 3 atom stereocenters. The number of nitrogens with two attached hydrogens (primary N) is 2. The number of rotatable bonds is 4. The van der Waals surface area contributed by atoms with Crippen LogP contribution in [-0.4, -0.2) is 53.7 Å². The van der Waals surface area contributed by atoms with Gasteiger partial charge in [0.1, 0.15) is 6.04 Å². The summed E-state index contributed by atoms with van der Waals surface area (Å²) in [4.78, 5) is 37.5. The van der Waals surface area contributed by atoms with Gasteiger partial charge in [0.25, 0.3) is 5.91 Å². The van der Waals surface area contributed by atoms with Gasteiger partial charge in [0, 0.05) is 36.3 Å². The molecule has 1 aromatic carbocycles. The number of amides is 2. The molecule has 2 amide bonds. The van der Waals surface area contributed by atoms with Crippen molar-refractivity contribution in [2.75, 3.05) is 13.1 Å². The van der Waals surface area contributed by atoms with Crippen molar-refractivity contribution < 1.29 is 14.4 Å². The Bertz CT molecular complexity index is 619. The second-order valence-corrected chi connectivity index (χ2v) is 6.33. The first-order valence-corrected chi connectivity index (χ1v) is 7.99. The zero-order valence-corrected chi connectivity index (χ0v) is 14.0. The van der Waals surface area contributed by atoms with Gasteiger partial charge in [-0.05, 0) is 32.4 Å². The summed E-state index contributed by atoms with van der Waals surface area (Å²) >= 11 is 0. The number of benzene rings is 1. The molecule has 5 N–H and O–H groups in total. The molecule has 24 heavy (non-hydrogen) atoms. The third-order valence-electron chi connectivity index (χ3n) is 4.10. The number of hydrogen-bond acceptors (Lipinski definition) is 5. The van der Waals surface area contributed by atoms with Gasteiger partial charge in [0.15, 0.2) is 5.78 Å². The van der Waals surface area contributed by atoms with E-state index in [1.54, 1.807) is 36.1 Å². The van der Waals surface area contributed by atoms with E-state index in [2.05, 4.69) is 5.32 Å². The quantitative estimate of drug-likeness (QED) is 0.665. The molecule has 2 unspecified atom stereocenters. The topological polar surface area (TPSA) is 119 Å². The van der Waals surface area contributed by atoms with E-state index in [9.17, 15) is 14.4 Å². The average Bonchev–Trinajstić information content (AvgIpc) is 2.53. The second-order valence-electron chi connectivity index (χ2n) is 6.33. The first-order chi connectivity index (χ1) is 11.3. The predicted octanol–water partition coefficient (Wildman–Crippen LogP) is -0.106. The van der Waals surface area contributed by atoms with E-state index in [0.717, 1.165) is 0 Å². The summed E-state index contributed by atoms with van der Waals surface area (Å²) in [7, 11) is 0. The Morgan fingerprint density at radius 2 is 1.58 bits per heavy atom. The lowest BCUT2D eigenvalue weighted by molar-refractivity contribution is -0.134.